The lowest BCUT2D eigenvalue weighted by molar-refractivity contribution is -0.172. The Bertz CT molecular complexity index is 1030. The van der Waals surface area contributed by atoms with Crippen molar-refractivity contribution in [3.8, 4) is 0 Å². The number of ether oxygens (including phenoxy) is 1. The van der Waals surface area contributed by atoms with Gasteiger partial charge in [-0.1, -0.05) is 42.5 Å². The number of piperidine rings is 1. The van der Waals surface area contributed by atoms with Crippen LogP contribution in [0.3, 0.4) is 0 Å². The molecular weight excluding hydrogens is 426 g/mol. The molecule has 2 aliphatic heterocycles. The average Bonchev–Trinajstić information content (AvgIpc) is 2.76. The Kier molecular flexibility index (Phi) is 6.83. The van der Waals surface area contributed by atoms with Crippen LogP contribution < -0.4 is 4.72 Å². The summed E-state index contributed by atoms with van der Waals surface area (Å²) in [4.78, 5) is 16.9. The summed E-state index contributed by atoms with van der Waals surface area (Å²) in [6, 6.07) is 17.7. The van der Waals surface area contributed by atoms with Gasteiger partial charge in [-0.2, -0.15) is 0 Å². The Labute approximate surface area is 190 Å². The summed E-state index contributed by atoms with van der Waals surface area (Å²) in [7, 11) is -3.34. The topological polar surface area (TPSA) is 79.0 Å². The number of rotatable bonds is 7. The van der Waals surface area contributed by atoms with Crippen molar-refractivity contribution in [1.29, 1.82) is 0 Å². The van der Waals surface area contributed by atoms with E-state index in [2.05, 4.69) is 33.9 Å². The summed E-state index contributed by atoms with van der Waals surface area (Å²) in [6.45, 7) is 4.07. The third-order valence-corrected chi connectivity index (χ3v) is 6.87. The lowest BCUT2D eigenvalue weighted by Gasteiger charge is -2.47. The monoisotopic (exact) mass is 457 g/mol. The number of benzene rings is 2. The number of likely N-dealkylation sites (tertiary alicyclic amines) is 1. The van der Waals surface area contributed by atoms with Gasteiger partial charge >= 0.3 is 0 Å². The van der Waals surface area contributed by atoms with Crippen LogP contribution in [0.1, 0.15) is 24.0 Å². The van der Waals surface area contributed by atoms with E-state index in [0.717, 1.165) is 50.7 Å². The van der Waals surface area contributed by atoms with Gasteiger partial charge < -0.3 is 14.5 Å². The lowest BCUT2D eigenvalue weighted by atomic mass is 9.89. The molecule has 1 N–H and O–H groups in total. The van der Waals surface area contributed by atoms with Crippen molar-refractivity contribution in [3.63, 3.8) is 0 Å². The van der Waals surface area contributed by atoms with Gasteiger partial charge in [0, 0.05) is 31.9 Å². The van der Waals surface area contributed by atoms with E-state index in [0.29, 0.717) is 18.8 Å². The Hall–Kier alpha value is -2.42. The van der Waals surface area contributed by atoms with Gasteiger partial charge in [0.15, 0.2) is 0 Å². The summed E-state index contributed by atoms with van der Waals surface area (Å²) in [5, 5.41) is 0. The SMILES string of the molecule is CS(=O)(=O)Nc1cccc(CN2CC3(CCN(CCc4ccccc4)CC3)OCC2=O)c1. The van der Waals surface area contributed by atoms with Crippen molar-refractivity contribution in [1.82, 2.24) is 9.80 Å². The standard InChI is InChI=1S/C24H31N3O4S/c1-32(29,30)25-22-9-5-8-21(16-22)17-27-19-24(31-18-23(27)28)11-14-26(15-12-24)13-10-20-6-3-2-4-7-20/h2-9,16,25H,10-15,17-19H2,1H3. The van der Waals surface area contributed by atoms with Gasteiger partial charge in [-0.05, 0) is 42.5 Å². The number of sulfonamides is 1. The molecule has 172 valence electrons. The van der Waals surface area contributed by atoms with Crippen molar-refractivity contribution in [2.45, 2.75) is 31.4 Å². The molecule has 4 rings (SSSR count). The van der Waals surface area contributed by atoms with E-state index in [9.17, 15) is 13.2 Å². The summed E-state index contributed by atoms with van der Waals surface area (Å²) in [5.74, 6) is -0.0244. The van der Waals surface area contributed by atoms with E-state index in [1.807, 2.05) is 17.0 Å². The minimum atomic E-state index is -3.34. The Morgan fingerprint density at radius 3 is 2.47 bits per heavy atom. The summed E-state index contributed by atoms with van der Waals surface area (Å²) in [5.41, 5.74) is 2.46. The van der Waals surface area contributed by atoms with Crippen LogP contribution in [0.2, 0.25) is 0 Å². The first-order valence-electron chi connectivity index (χ1n) is 11.1. The van der Waals surface area contributed by atoms with Crippen LogP contribution in [0.4, 0.5) is 5.69 Å². The predicted molar refractivity (Wildman–Crippen MR) is 125 cm³/mol. The van der Waals surface area contributed by atoms with Crippen LogP contribution >= 0.6 is 0 Å². The number of anilines is 1. The van der Waals surface area contributed by atoms with Crippen LogP contribution in [0, 0.1) is 0 Å². The Balaban J connectivity index is 1.33. The van der Waals surface area contributed by atoms with Gasteiger partial charge in [0.1, 0.15) is 6.61 Å². The molecule has 2 saturated heterocycles. The maximum Gasteiger partial charge on any atom is 0.248 e. The van der Waals surface area contributed by atoms with Crippen LogP contribution in [0.25, 0.3) is 0 Å². The van der Waals surface area contributed by atoms with E-state index >= 15 is 0 Å². The number of hydrogen-bond acceptors (Lipinski definition) is 5. The van der Waals surface area contributed by atoms with Crippen molar-refractivity contribution in [3.05, 3.63) is 65.7 Å². The molecule has 1 amide bonds. The molecule has 0 bridgehead atoms. The summed E-state index contributed by atoms with van der Waals surface area (Å²) >= 11 is 0. The highest BCUT2D eigenvalue weighted by molar-refractivity contribution is 7.92. The molecule has 0 saturated carbocycles. The normalized spacial score (nSPS) is 19.3. The van der Waals surface area contributed by atoms with Crippen LogP contribution in [-0.2, 0) is 32.5 Å². The third kappa shape index (κ3) is 6.09. The fourth-order valence-corrected chi connectivity index (χ4v) is 5.07. The van der Waals surface area contributed by atoms with Crippen LogP contribution in [0.5, 0.6) is 0 Å². The molecule has 2 aliphatic rings. The molecule has 0 aliphatic carbocycles. The number of carbonyl (C=O) groups is 1. The van der Waals surface area contributed by atoms with Gasteiger partial charge in [0.2, 0.25) is 15.9 Å². The molecule has 0 atom stereocenters. The molecule has 0 unspecified atom stereocenters. The number of hydrogen-bond donors (Lipinski definition) is 1. The fourth-order valence-electron chi connectivity index (χ4n) is 4.52. The number of nitrogens with zero attached hydrogens (tertiary/aromatic N) is 2. The molecule has 8 heteroatoms. The smallest absolute Gasteiger partial charge is 0.248 e. The van der Waals surface area contributed by atoms with Crippen LogP contribution in [0.15, 0.2) is 54.6 Å². The molecule has 0 aromatic heterocycles. The molecule has 2 heterocycles. The van der Waals surface area contributed by atoms with Crippen molar-refractivity contribution < 1.29 is 17.9 Å². The third-order valence-electron chi connectivity index (χ3n) is 6.26. The van der Waals surface area contributed by atoms with Gasteiger partial charge in [0.25, 0.3) is 0 Å². The average molecular weight is 458 g/mol. The minimum absolute atomic E-state index is 0.0244. The number of nitrogens with one attached hydrogen (secondary N) is 1. The Morgan fingerprint density at radius 1 is 1.03 bits per heavy atom. The first-order chi connectivity index (χ1) is 15.3. The largest absolute Gasteiger partial charge is 0.363 e. The maximum atomic E-state index is 12.5. The van der Waals surface area contributed by atoms with Gasteiger partial charge in [0.05, 0.1) is 18.4 Å². The van der Waals surface area contributed by atoms with Gasteiger partial charge in [-0.25, -0.2) is 8.42 Å². The number of amides is 1. The van der Waals surface area contributed by atoms with E-state index in [4.69, 9.17) is 4.74 Å². The molecule has 32 heavy (non-hydrogen) atoms. The van der Waals surface area contributed by atoms with E-state index in [-0.39, 0.29) is 18.1 Å². The van der Waals surface area contributed by atoms with Crippen molar-refractivity contribution >= 4 is 21.6 Å². The quantitative estimate of drug-likeness (QED) is 0.691. The second kappa shape index (κ2) is 9.60. The summed E-state index contributed by atoms with van der Waals surface area (Å²) in [6.07, 6.45) is 3.97. The molecule has 1 spiro atoms. The second-order valence-electron chi connectivity index (χ2n) is 8.87. The van der Waals surface area contributed by atoms with Crippen molar-refractivity contribution in [2.24, 2.45) is 0 Å². The van der Waals surface area contributed by atoms with Crippen molar-refractivity contribution in [2.75, 3.05) is 43.8 Å². The second-order valence-corrected chi connectivity index (χ2v) is 10.6. The molecule has 2 aromatic rings. The number of carbonyl (C=O) groups excluding carboxylic acids is 1. The highest BCUT2D eigenvalue weighted by atomic mass is 32.2. The highest BCUT2D eigenvalue weighted by Gasteiger charge is 2.42. The number of morpholine rings is 1. The molecule has 2 aromatic carbocycles. The summed E-state index contributed by atoms with van der Waals surface area (Å²) < 4.78 is 31.6. The van der Waals surface area contributed by atoms with E-state index in [1.54, 1.807) is 18.2 Å². The zero-order valence-electron chi connectivity index (χ0n) is 18.5. The first-order valence-corrected chi connectivity index (χ1v) is 12.9. The first kappa shape index (κ1) is 22.8. The minimum Gasteiger partial charge on any atom is -0.363 e. The van der Waals surface area contributed by atoms with Gasteiger partial charge in [-0.15, -0.1) is 0 Å². The maximum absolute atomic E-state index is 12.5. The molecule has 0 radical (unpaired) electrons. The molecule has 2 fully saturated rings. The van der Waals surface area contributed by atoms with E-state index < -0.39 is 10.0 Å². The molecular formula is C24H31N3O4S. The Morgan fingerprint density at radius 2 is 1.75 bits per heavy atom. The predicted octanol–water partition coefficient (Wildman–Crippen LogP) is 2.49. The highest BCUT2D eigenvalue weighted by Crippen LogP contribution is 2.31. The fraction of sp³-hybridized carbons (Fsp3) is 0.458. The molecule has 7 nitrogen and oxygen atoms in total. The van der Waals surface area contributed by atoms with Gasteiger partial charge in [-0.3, -0.25) is 9.52 Å². The lowest BCUT2D eigenvalue weighted by Crippen LogP contribution is -2.58. The van der Waals surface area contributed by atoms with E-state index in [1.165, 1.54) is 5.56 Å². The zero-order chi connectivity index (χ0) is 22.6. The van der Waals surface area contributed by atoms with Crippen LogP contribution in [-0.4, -0.2) is 68.8 Å². The zero-order valence-corrected chi connectivity index (χ0v) is 19.3.